The van der Waals surface area contributed by atoms with Crippen molar-refractivity contribution in [3.05, 3.63) is 10.6 Å². The Balaban J connectivity index is 2.71. The van der Waals surface area contributed by atoms with Gasteiger partial charge in [0.05, 0.1) is 10.6 Å². The Hall–Kier alpha value is -0.920. The van der Waals surface area contributed by atoms with E-state index in [1.165, 1.54) is 22.1 Å². The summed E-state index contributed by atoms with van der Waals surface area (Å²) in [7, 11) is 0. The van der Waals surface area contributed by atoms with E-state index in [1.807, 2.05) is 6.92 Å². The molecule has 1 N–H and O–H groups in total. The molecule has 3 nitrogen and oxygen atoms in total. The van der Waals surface area contributed by atoms with Crippen molar-refractivity contribution in [3.8, 4) is 11.8 Å². The fourth-order valence-corrected chi connectivity index (χ4v) is 2.68. The maximum absolute atomic E-state index is 4.26. The highest BCUT2D eigenvalue weighted by Gasteiger charge is 2.17. The van der Waals surface area contributed by atoms with E-state index in [-0.39, 0.29) is 0 Å². The Morgan fingerprint density at radius 2 is 2.17 bits per heavy atom. The molecule has 1 atom stereocenters. The number of hydrogen-bond acceptors (Lipinski definition) is 4. The van der Waals surface area contributed by atoms with E-state index in [0.717, 1.165) is 38.6 Å². The van der Waals surface area contributed by atoms with Crippen LogP contribution in [0, 0.1) is 11.8 Å². The Labute approximate surface area is 115 Å². The summed E-state index contributed by atoms with van der Waals surface area (Å²) < 4.78 is 4.11. The highest BCUT2D eigenvalue weighted by Crippen LogP contribution is 2.25. The number of aryl methyl sites for hydroxylation is 1. The largest absolute Gasteiger partial charge is 0.309 e. The van der Waals surface area contributed by atoms with Gasteiger partial charge in [0.15, 0.2) is 0 Å². The number of hydrogen-bond donors (Lipinski definition) is 1. The van der Waals surface area contributed by atoms with E-state index in [0.29, 0.717) is 6.04 Å². The summed E-state index contributed by atoms with van der Waals surface area (Å²) in [6.45, 7) is 7.30. The molecule has 0 radical (unpaired) electrons. The van der Waals surface area contributed by atoms with Gasteiger partial charge in [-0.1, -0.05) is 24.8 Å². The average molecular weight is 265 g/mol. The molecule has 0 aromatic carbocycles. The minimum Gasteiger partial charge on any atom is -0.309 e. The predicted molar refractivity (Wildman–Crippen MR) is 77.6 cm³/mol. The lowest BCUT2D eigenvalue weighted by atomic mass is 10.1. The molecule has 0 saturated carbocycles. The summed E-state index contributed by atoms with van der Waals surface area (Å²) in [5.74, 6) is 6.10. The molecule has 18 heavy (non-hydrogen) atoms. The van der Waals surface area contributed by atoms with Gasteiger partial charge in [0, 0.05) is 12.5 Å². The maximum atomic E-state index is 4.26. The van der Waals surface area contributed by atoms with Crippen LogP contribution in [0.15, 0.2) is 0 Å². The SMILES string of the molecule is CC#CCCC(NCCC)c1snnc1CCC. The number of rotatable bonds is 8. The highest BCUT2D eigenvalue weighted by atomic mass is 32.1. The topological polar surface area (TPSA) is 37.8 Å². The monoisotopic (exact) mass is 265 g/mol. The van der Waals surface area contributed by atoms with Crippen molar-refractivity contribution in [1.82, 2.24) is 14.9 Å². The molecular weight excluding hydrogens is 242 g/mol. The molecule has 0 aliphatic carbocycles. The summed E-state index contributed by atoms with van der Waals surface area (Å²) in [6.07, 6.45) is 5.26. The Morgan fingerprint density at radius 3 is 2.83 bits per heavy atom. The fourth-order valence-electron chi connectivity index (χ4n) is 1.88. The Morgan fingerprint density at radius 1 is 1.33 bits per heavy atom. The van der Waals surface area contributed by atoms with Crippen molar-refractivity contribution in [2.75, 3.05) is 6.54 Å². The first kappa shape index (κ1) is 15.1. The van der Waals surface area contributed by atoms with E-state index in [4.69, 9.17) is 0 Å². The molecule has 1 aromatic heterocycles. The van der Waals surface area contributed by atoms with Crippen molar-refractivity contribution in [1.29, 1.82) is 0 Å². The first-order chi connectivity index (χ1) is 8.83. The average Bonchev–Trinajstić information content (AvgIpc) is 2.82. The van der Waals surface area contributed by atoms with E-state index in [9.17, 15) is 0 Å². The molecule has 0 spiro atoms. The zero-order valence-electron chi connectivity index (χ0n) is 11.6. The van der Waals surface area contributed by atoms with E-state index < -0.39 is 0 Å². The zero-order valence-corrected chi connectivity index (χ0v) is 12.4. The van der Waals surface area contributed by atoms with Crippen LogP contribution >= 0.6 is 11.5 Å². The van der Waals surface area contributed by atoms with Gasteiger partial charge >= 0.3 is 0 Å². The lowest BCUT2D eigenvalue weighted by Gasteiger charge is -2.16. The minimum atomic E-state index is 0.368. The van der Waals surface area contributed by atoms with Crippen LogP contribution in [0.3, 0.4) is 0 Å². The van der Waals surface area contributed by atoms with Crippen LogP contribution in [0.25, 0.3) is 0 Å². The molecule has 1 aromatic rings. The van der Waals surface area contributed by atoms with Crippen LogP contribution in [0.2, 0.25) is 0 Å². The number of aromatic nitrogens is 2. The standard InChI is InChI=1S/C14H23N3S/c1-4-7-8-10-12(15-11-6-3)14-13(9-5-2)16-17-18-14/h12,15H,5-6,8-11H2,1-3H3. The molecule has 0 aliphatic heterocycles. The molecule has 0 amide bonds. The maximum Gasteiger partial charge on any atom is 0.0803 e. The third kappa shape index (κ3) is 4.75. The van der Waals surface area contributed by atoms with Crippen LogP contribution in [0.5, 0.6) is 0 Å². The molecule has 0 saturated heterocycles. The van der Waals surface area contributed by atoms with Gasteiger partial charge in [-0.15, -0.1) is 16.9 Å². The third-order valence-corrected chi connectivity index (χ3v) is 3.64. The molecule has 100 valence electrons. The van der Waals surface area contributed by atoms with Crippen molar-refractivity contribution in [3.63, 3.8) is 0 Å². The Kier molecular flexibility index (Phi) is 7.63. The second kappa shape index (κ2) is 9.07. The molecule has 0 bridgehead atoms. The normalized spacial score (nSPS) is 11.9. The number of nitrogens with one attached hydrogen (secondary N) is 1. The lowest BCUT2D eigenvalue weighted by Crippen LogP contribution is -2.22. The quantitative estimate of drug-likeness (QED) is 0.733. The molecule has 1 unspecified atom stereocenters. The van der Waals surface area contributed by atoms with Gasteiger partial charge in [-0.2, -0.15) is 0 Å². The first-order valence-corrected chi connectivity index (χ1v) is 7.54. The molecule has 0 aliphatic rings. The van der Waals surface area contributed by atoms with Crippen LogP contribution in [0.4, 0.5) is 0 Å². The van der Waals surface area contributed by atoms with E-state index in [1.54, 1.807) is 0 Å². The fraction of sp³-hybridized carbons (Fsp3) is 0.714. The molecule has 1 rings (SSSR count). The smallest absolute Gasteiger partial charge is 0.0803 e. The molecule has 4 heteroatoms. The van der Waals surface area contributed by atoms with E-state index in [2.05, 4.69) is 40.6 Å². The second-order valence-corrected chi connectivity index (χ2v) is 5.09. The molecular formula is C14H23N3S. The van der Waals surface area contributed by atoms with Gasteiger partial charge < -0.3 is 5.32 Å². The summed E-state index contributed by atoms with van der Waals surface area (Å²) in [5.41, 5.74) is 1.17. The van der Waals surface area contributed by atoms with Gasteiger partial charge in [0.2, 0.25) is 0 Å². The molecule has 1 heterocycles. The summed E-state index contributed by atoms with van der Waals surface area (Å²) in [6, 6.07) is 0.368. The van der Waals surface area contributed by atoms with Crippen molar-refractivity contribution in [2.24, 2.45) is 0 Å². The second-order valence-electron chi connectivity index (χ2n) is 4.31. The summed E-state index contributed by atoms with van der Waals surface area (Å²) in [4.78, 5) is 1.31. The minimum absolute atomic E-state index is 0.368. The van der Waals surface area contributed by atoms with Gasteiger partial charge in [0.1, 0.15) is 0 Å². The molecule has 0 fully saturated rings. The van der Waals surface area contributed by atoms with Crippen molar-refractivity contribution >= 4 is 11.5 Å². The van der Waals surface area contributed by atoms with Crippen molar-refractivity contribution < 1.29 is 0 Å². The Bertz CT molecular complexity index is 389. The van der Waals surface area contributed by atoms with Crippen LogP contribution in [0.1, 0.15) is 63.1 Å². The highest BCUT2D eigenvalue weighted by molar-refractivity contribution is 7.05. The summed E-state index contributed by atoms with van der Waals surface area (Å²) in [5, 5.41) is 7.85. The van der Waals surface area contributed by atoms with Gasteiger partial charge in [0.25, 0.3) is 0 Å². The lowest BCUT2D eigenvalue weighted by molar-refractivity contribution is 0.508. The third-order valence-electron chi connectivity index (χ3n) is 2.76. The first-order valence-electron chi connectivity index (χ1n) is 6.77. The van der Waals surface area contributed by atoms with Gasteiger partial charge in [-0.25, -0.2) is 0 Å². The van der Waals surface area contributed by atoms with E-state index >= 15 is 0 Å². The van der Waals surface area contributed by atoms with Crippen LogP contribution < -0.4 is 5.32 Å². The van der Waals surface area contributed by atoms with Crippen LogP contribution in [-0.2, 0) is 6.42 Å². The van der Waals surface area contributed by atoms with Gasteiger partial charge in [-0.3, -0.25) is 0 Å². The predicted octanol–water partition coefficient (Wildman–Crippen LogP) is 3.33. The van der Waals surface area contributed by atoms with Crippen LogP contribution in [-0.4, -0.2) is 16.1 Å². The summed E-state index contributed by atoms with van der Waals surface area (Å²) >= 11 is 1.53. The van der Waals surface area contributed by atoms with Gasteiger partial charge in [-0.05, 0) is 44.3 Å². The number of nitrogens with zero attached hydrogens (tertiary/aromatic N) is 2. The van der Waals surface area contributed by atoms with Crippen molar-refractivity contribution in [2.45, 2.75) is 58.9 Å². The zero-order chi connectivity index (χ0) is 13.2.